The average Bonchev–Trinajstić information content (AvgIpc) is 1.91. The average molecular weight is 124 g/mol. The standard InChI is InChI=1S/C7H12N2/c1-8-9-7-5-3-2-4-6-7/h5H,2-4,6H2,1H3. The third-order valence-electron chi connectivity index (χ3n) is 1.50. The van der Waals surface area contributed by atoms with E-state index in [9.17, 15) is 0 Å². The molecule has 1 aliphatic rings. The molecule has 9 heavy (non-hydrogen) atoms. The van der Waals surface area contributed by atoms with Crippen LogP contribution in [-0.2, 0) is 0 Å². The van der Waals surface area contributed by atoms with E-state index in [0.29, 0.717) is 0 Å². The van der Waals surface area contributed by atoms with Crippen LogP contribution in [0.1, 0.15) is 25.7 Å². The van der Waals surface area contributed by atoms with Crippen LogP contribution in [-0.4, -0.2) is 7.05 Å². The quantitative estimate of drug-likeness (QED) is 0.480. The van der Waals surface area contributed by atoms with Crippen LogP contribution in [0.3, 0.4) is 0 Å². The van der Waals surface area contributed by atoms with Crippen molar-refractivity contribution in [2.75, 3.05) is 7.05 Å². The first-order chi connectivity index (χ1) is 4.43. The van der Waals surface area contributed by atoms with Crippen molar-refractivity contribution in [3.8, 4) is 0 Å². The molecular weight excluding hydrogens is 112 g/mol. The van der Waals surface area contributed by atoms with Gasteiger partial charge in [-0.25, -0.2) is 0 Å². The molecule has 0 amide bonds. The van der Waals surface area contributed by atoms with Crippen LogP contribution in [0.25, 0.3) is 0 Å². The monoisotopic (exact) mass is 124 g/mol. The minimum atomic E-state index is 1.12. The Balaban J connectivity index is 2.46. The zero-order valence-electron chi connectivity index (χ0n) is 5.80. The third kappa shape index (κ3) is 1.96. The van der Waals surface area contributed by atoms with E-state index in [1.54, 1.807) is 7.05 Å². The summed E-state index contributed by atoms with van der Waals surface area (Å²) in [4.78, 5) is 0. The van der Waals surface area contributed by atoms with Crippen LogP contribution in [0, 0.1) is 0 Å². The highest BCUT2D eigenvalue weighted by molar-refractivity contribution is 5.01. The maximum atomic E-state index is 3.97. The van der Waals surface area contributed by atoms with Crippen LogP contribution in [0.5, 0.6) is 0 Å². The first-order valence-electron chi connectivity index (χ1n) is 3.42. The predicted molar refractivity (Wildman–Crippen MR) is 37.3 cm³/mol. The molecule has 1 aliphatic carbocycles. The SMILES string of the molecule is CN=NC1=CCCCC1. The maximum Gasteiger partial charge on any atom is 0.0586 e. The lowest BCUT2D eigenvalue weighted by molar-refractivity contribution is 0.688. The van der Waals surface area contributed by atoms with Gasteiger partial charge in [0.1, 0.15) is 0 Å². The Morgan fingerprint density at radius 2 is 2.33 bits per heavy atom. The summed E-state index contributed by atoms with van der Waals surface area (Å²) in [5, 5.41) is 7.69. The molecule has 0 saturated carbocycles. The zero-order valence-corrected chi connectivity index (χ0v) is 5.80. The fraction of sp³-hybridized carbons (Fsp3) is 0.714. The zero-order chi connectivity index (χ0) is 6.53. The number of hydrogen-bond donors (Lipinski definition) is 0. The van der Waals surface area contributed by atoms with Gasteiger partial charge in [0, 0.05) is 7.05 Å². The maximum absolute atomic E-state index is 3.97. The molecule has 0 atom stereocenters. The molecule has 0 spiro atoms. The summed E-state index contributed by atoms with van der Waals surface area (Å²) >= 11 is 0. The summed E-state index contributed by atoms with van der Waals surface area (Å²) in [5.41, 5.74) is 1.17. The Kier molecular flexibility index (Phi) is 2.43. The molecule has 2 nitrogen and oxygen atoms in total. The van der Waals surface area contributed by atoms with Gasteiger partial charge in [0.15, 0.2) is 0 Å². The first-order valence-corrected chi connectivity index (χ1v) is 3.42. The Morgan fingerprint density at radius 3 is 2.89 bits per heavy atom. The Morgan fingerprint density at radius 1 is 1.44 bits per heavy atom. The molecule has 0 N–H and O–H groups in total. The van der Waals surface area contributed by atoms with E-state index in [2.05, 4.69) is 16.3 Å². The van der Waals surface area contributed by atoms with Crippen LogP contribution in [0.15, 0.2) is 22.0 Å². The van der Waals surface area contributed by atoms with E-state index in [-0.39, 0.29) is 0 Å². The summed E-state index contributed by atoms with van der Waals surface area (Å²) in [7, 11) is 1.72. The number of rotatable bonds is 1. The normalized spacial score (nSPS) is 20.3. The van der Waals surface area contributed by atoms with E-state index in [1.165, 1.54) is 25.0 Å². The molecule has 2 heteroatoms. The molecular formula is C7H12N2. The van der Waals surface area contributed by atoms with E-state index < -0.39 is 0 Å². The second kappa shape index (κ2) is 3.38. The lowest BCUT2D eigenvalue weighted by atomic mass is 10.1. The number of azo groups is 1. The topological polar surface area (TPSA) is 24.7 Å². The molecule has 1 rings (SSSR count). The molecule has 0 aromatic heterocycles. The Labute approximate surface area is 55.7 Å². The minimum Gasteiger partial charge on any atom is -0.192 e. The highest BCUT2D eigenvalue weighted by Gasteiger charge is 2.00. The molecule has 50 valence electrons. The van der Waals surface area contributed by atoms with Crippen molar-refractivity contribution in [3.63, 3.8) is 0 Å². The molecule has 0 aromatic carbocycles. The summed E-state index contributed by atoms with van der Waals surface area (Å²) in [5.74, 6) is 0. The molecule has 0 bridgehead atoms. The van der Waals surface area contributed by atoms with Crippen LogP contribution < -0.4 is 0 Å². The predicted octanol–water partition coefficient (Wildman–Crippen LogP) is 2.53. The van der Waals surface area contributed by atoms with Gasteiger partial charge in [-0.3, -0.25) is 0 Å². The summed E-state index contributed by atoms with van der Waals surface area (Å²) < 4.78 is 0. The van der Waals surface area contributed by atoms with Crippen LogP contribution in [0.4, 0.5) is 0 Å². The first kappa shape index (κ1) is 6.46. The largest absolute Gasteiger partial charge is 0.192 e. The molecule has 0 aliphatic heterocycles. The highest BCUT2D eigenvalue weighted by atomic mass is 15.1. The smallest absolute Gasteiger partial charge is 0.0586 e. The van der Waals surface area contributed by atoms with E-state index in [4.69, 9.17) is 0 Å². The van der Waals surface area contributed by atoms with Crippen LogP contribution >= 0.6 is 0 Å². The number of nitrogens with zero attached hydrogens (tertiary/aromatic N) is 2. The van der Waals surface area contributed by atoms with Crippen molar-refractivity contribution in [3.05, 3.63) is 11.8 Å². The van der Waals surface area contributed by atoms with Gasteiger partial charge < -0.3 is 0 Å². The third-order valence-corrected chi connectivity index (χ3v) is 1.50. The summed E-state index contributed by atoms with van der Waals surface area (Å²) in [6.45, 7) is 0. The molecule has 0 unspecified atom stereocenters. The number of hydrogen-bond acceptors (Lipinski definition) is 2. The van der Waals surface area contributed by atoms with Gasteiger partial charge in [0.05, 0.1) is 5.70 Å². The second-order valence-electron chi connectivity index (χ2n) is 2.24. The van der Waals surface area contributed by atoms with Crippen molar-refractivity contribution in [2.45, 2.75) is 25.7 Å². The van der Waals surface area contributed by atoms with Crippen molar-refractivity contribution in [1.82, 2.24) is 0 Å². The van der Waals surface area contributed by atoms with Gasteiger partial charge in [-0.1, -0.05) is 6.08 Å². The molecule has 0 aromatic rings. The van der Waals surface area contributed by atoms with E-state index >= 15 is 0 Å². The van der Waals surface area contributed by atoms with E-state index in [0.717, 1.165) is 6.42 Å². The van der Waals surface area contributed by atoms with Gasteiger partial charge in [-0.2, -0.15) is 10.2 Å². The minimum absolute atomic E-state index is 1.12. The number of allylic oxidation sites excluding steroid dienone is 2. The van der Waals surface area contributed by atoms with Gasteiger partial charge >= 0.3 is 0 Å². The van der Waals surface area contributed by atoms with Crippen molar-refractivity contribution in [1.29, 1.82) is 0 Å². The molecule has 0 heterocycles. The molecule has 0 radical (unpaired) electrons. The fourth-order valence-corrected chi connectivity index (χ4v) is 1.04. The molecule has 0 saturated heterocycles. The Bertz CT molecular complexity index is 136. The Hall–Kier alpha value is -0.660. The van der Waals surface area contributed by atoms with Gasteiger partial charge in [0.25, 0.3) is 0 Å². The van der Waals surface area contributed by atoms with Crippen molar-refractivity contribution < 1.29 is 0 Å². The van der Waals surface area contributed by atoms with Gasteiger partial charge in [-0.15, -0.1) is 0 Å². The van der Waals surface area contributed by atoms with Crippen molar-refractivity contribution >= 4 is 0 Å². The lowest BCUT2D eigenvalue weighted by Gasteiger charge is -2.05. The van der Waals surface area contributed by atoms with Gasteiger partial charge in [-0.05, 0) is 25.7 Å². The van der Waals surface area contributed by atoms with Crippen molar-refractivity contribution in [2.24, 2.45) is 10.2 Å². The van der Waals surface area contributed by atoms with E-state index in [1.807, 2.05) is 0 Å². The van der Waals surface area contributed by atoms with Gasteiger partial charge in [0.2, 0.25) is 0 Å². The fourth-order valence-electron chi connectivity index (χ4n) is 1.04. The molecule has 0 fully saturated rings. The highest BCUT2D eigenvalue weighted by Crippen LogP contribution is 2.17. The summed E-state index contributed by atoms with van der Waals surface area (Å²) in [6.07, 6.45) is 7.09. The summed E-state index contributed by atoms with van der Waals surface area (Å²) in [6, 6.07) is 0. The second-order valence-corrected chi connectivity index (χ2v) is 2.24. The lowest BCUT2D eigenvalue weighted by Crippen LogP contribution is -1.87. The van der Waals surface area contributed by atoms with Crippen LogP contribution in [0.2, 0.25) is 0 Å².